The van der Waals surface area contributed by atoms with Gasteiger partial charge in [0.05, 0.1) is 6.07 Å². The lowest BCUT2D eigenvalue weighted by Crippen LogP contribution is -2.30. The summed E-state index contributed by atoms with van der Waals surface area (Å²) in [6, 6.07) is 6.92. The normalized spacial score (nSPS) is 10.3. The lowest BCUT2D eigenvalue weighted by molar-refractivity contribution is -0.903. The van der Waals surface area contributed by atoms with Crippen molar-refractivity contribution in [2.75, 3.05) is 0 Å². The van der Waals surface area contributed by atoms with Gasteiger partial charge in [-0.1, -0.05) is 18.2 Å². The Labute approximate surface area is 115 Å². The summed E-state index contributed by atoms with van der Waals surface area (Å²) in [5, 5.41) is 12.3. The van der Waals surface area contributed by atoms with Crippen LogP contribution in [0.1, 0.15) is 11.1 Å². The molecule has 0 amide bonds. The first-order valence-corrected chi connectivity index (χ1v) is 5.92. The molecular formula is C13H12ClN2O3+. The maximum atomic E-state index is 10.8. The van der Waals surface area contributed by atoms with E-state index in [2.05, 4.69) is 5.18 Å². The first-order valence-electron chi connectivity index (χ1n) is 5.55. The number of nitrogens with zero attached hydrogens (tertiary/aromatic N) is 2. The Hall–Kier alpha value is -2.14. The molecule has 0 saturated heterocycles. The predicted octanol–water partition coefficient (Wildman–Crippen LogP) is 3.67. The molecule has 0 atom stereocenters. The molecule has 6 heteroatoms. The molecular weight excluding hydrogens is 268 g/mol. The molecule has 0 bridgehead atoms. The third-order valence-electron chi connectivity index (χ3n) is 2.69. The van der Waals surface area contributed by atoms with Crippen molar-refractivity contribution >= 4 is 17.3 Å². The molecule has 1 aromatic heterocycles. The fraction of sp³-hybridized carbons (Fsp3) is 0.154. The highest BCUT2D eigenvalue weighted by molar-refractivity contribution is 6.28. The van der Waals surface area contributed by atoms with Crippen molar-refractivity contribution in [3.63, 3.8) is 0 Å². The van der Waals surface area contributed by atoms with Gasteiger partial charge in [-0.15, -0.1) is 4.91 Å². The summed E-state index contributed by atoms with van der Waals surface area (Å²) in [5.74, 6) is 0.758. The van der Waals surface area contributed by atoms with E-state index in [1.165, 1.54) is 12.3 Å². The SMILES string of the molecule is Cc1cccc(C)c1Oc1c[n+](O)c(Cl)cc1N=O. The number of hydrogen-bond acceptors (Lipinski definition) is 4. The van der Waals surface area contributed by atoms with E-state index in [9.17, 15) is 10.1 Å². The van der Waals surface area contributed by atoms with Gasteiger partial charge in [0.2, 0.25) is 5.75 Å². The average Bonchev–Trinajstić information content (AvgIpc) is 2.37. The molecule has 0 saturated carbocycles. The Morgan fingerprint density at radius 2 is 1.95 bits per heavy atom. The molecule has 1 heterocycles. The number of benzene rings is 1. The largest absolute Gasteiger partial charge is 0.448 e. The van der Waals surface area contributed by atoms with Gasteiger partial charge in [0.25, 0.3) is 6.20 Å². The van der Waals surface area contributed by atoms with Crippen LogP contribution in [0.3, 0.4) is 0 Å². The van der Waals surface area contributed by atoms with Gasteiger partial charge in [-0.2, -0.15) is 0 Å². The molecule has 0 fully saturated rings. The van der Waals surface area contributed by atoms with Crippen LogP contribution in [0.4, 0.5) is 5.69 Å². The van der Waals surface area contributed by atoms with E-state index in [0.717, 1.165) is 11.1 Å². The molecule has 0 aliphatic heterocycles. The van der Waals surface area contributed by atoms with Crippen LogP contribution in [0.5, 0.6) is 11.5 Å². The fourth-order valence-electron chi connectivity index (χ4n) is 1.71. The van der Waals surface area contributed by atoms with Crippen molar-refractivity contribution in [1.29, 1.82) is 0 Å². The third kappa shape index (κ3) is 2.66. The minimum Gasteiger partial charge on any atom is -0.448 e. The van der Waals surface area contributed by atoms with Gasteiger partial charge >= 0.3 is 5.15 Å². The molecule has 19 heavy (non-hydrogen) atoms. The van der Waals surface area contributed by atoms with Gasteiger partial charge < -0.3 is 4.74 Å². The summed E-state index contributed by atoms with van der Waals surface area (Å²) in [4.78, 5) is 10.8. The van der Waals surface area contributed by atoms with Crippen LogP contribution >= 0.6 is 11.6 Å². The van der Waals surface area contributed by atoms with Gasteiger partial charge in [0.1, 0.15) is 5.75 Å². The second-order valence-electron chi connectivity index (χ2n) is 4.10. The van der Waals surface area contributed by atoms with Crippen molar-refractivity contribution < 1.29 is 14.7 Å². The Morgan fingerprint density at radius 1 is 1.32 bits per heavy atom. The second-order valence-corrected chi connectivity index (χ2v) is 4.49. The molecule has 0 unspecified atom stereocenters. The zero-order valence-electron chi connectivity index (χ0n) is 10.4. The highest BCUT2D eigenvalue weighted by Crippen LogP contribution is 2.34. The van der Waals surface area contributed by atoms with E-state index < -0.39 is 0 Å². The molecule has 0 radical (unpaired) electrons. The van der Waals surface area contributed by atoms with Crippen molar-refractivity contribution in [3.05, 3.63) is 51.6 Å². The van der Waals surface area contributed by atoms with E-state index in [4.69, 9.17) is 16.3 Å². The van der Waals surface area contributed by atoms with Gasteiger partial charge in [-0.05, 0) is 41.8 Å². The highest BCUT2D eigenvalue weighted by Gasteiger charge is 2.19. The quantitative estimate of drug-likeness (QED) is 0.403. The van der Waals surface area contributed by atoms with Crippen LogP contribution < -0.4 is 9.47 Å². The van der Waals surface area contributed by atoms with Crippen molar-refractivity contribution in [2.24, 2.45) is 5.18 Å². The number of halogens is 1. The molecule has 1 N–H and O–H groups in total. The standard InChI is InChI=1S/C13H12ClN2O3/c1-8-4-3-5-9(2)13(8)19-11-7-16(18)12(14)6-10(11)15-17/h3-7,18H,1-2H3/q+1. The molecule has 0 aliphatic carbocycles. The number of para-hydroxylation sites is 1. The number of aromatic nitrogens is 1. The number of pyridine rings is 1. The molecule has 1 aromatic carbocycles. The summed E-state index contributed by atoms with van der Waals surface area (Å²) in [7, 11) is 0. The number of hydrogen-bond donors (Lipinski definition) is 1. The summed E-state index contributed by atoms with van der Waals surface area (Å²) >= 11 is 5.69. The lowest BCUT2D eigenvalue weighted by atomic mass is 10.1. The molecule has 98 valence electrons. The van der Waals surface area contributed by atoms with Crippen LogP contribution in [-0.2, 0) is 0 Å². The minimum absolute atomic E-state index is 0.0246. The Bertz CT molecular complexity index is 624. The molecule has 2 rings (SSSR count). The van der Waals surface area contributed by atoms with Gasteiger partial charge in [-0.3, -0.25) is 5.21 Å². The molecule has 0 spiro atoms. The first kappa shape index (κ1) is 13.3. The van der Waals surface area contributed by atoms with Crippen molar-refractivity contribution in [1.82, 2.24) is 0 Å². The van der Waals surface area contributed by atoms with Crippen LogP contribution in [0, 0.1) is 18.8 Å². The predicted molar refractivity (Wildman–Crippen MR) is 70.3 cm³/mol. The maximum absolute atomic E-state index is 10.8. The first-order chi connectivity index (χ1) is 9.02. The maximum Gasteiger partial charge on any atom is 0.327 e. The summed E-state index contributed by atoms with van der Waals surface area (Å²) in [6.07, 6.45) is 1.20. The Balaban J connectivity index is 2.49. The third-order valence-corrected chi connectivity index (χ3v) is 2.97. The van der Waals surface area contributed by atoms with E-state index in [1.807, 2.05) is 32.0 Å². The van der Waals surface area contributed by atoms with Crippen LogP contribution in [0.15, 0.2) is 35.6 Å². The van der Waals surface area contributed by atoms with Gasteiger partial charge in [0.15, 0.2) is 5.69 Å². The lowest BCUT2D eigenvalue weighted by Gasteiger charge is -2.10. The number of ether oxygens (including phenoxy) is 1. The van der Waals surface area contributed by atoms with E-state index >= 15 is 0 Å². The van der Waals surface area contributed by atoms with Crippen LogP contribution in [0.25, 0.3) is 0 Å². The number of rotatable bonds is 3. The zero-order chi connectivity index (χ0) is 14.0. The summed E-state index contributed by atoms with van der Waals surface area (Å²) in [6.45, 7) is 3.78. The molecule has 0 aliphatic rings. The van der Waals surface area contributed by atoms with Crippen LogP contribution in [0.2, 0.25) is 5.15 Å². The smallest absolute Gasteiger partial charge is 0.327 e. The van der Waals surface area contributed by atoms with E-state index in [0.29, 0.717) is 10.5 Å². The van der Waals surface area contributed by atoms with E-state index in [1.54, 1.807) is 0 Å². The van der Waals surface area contributed by atoms with Crippen LogP contribution in [-0.4, -0.2) is 5.21 Å². The highest BCUT2D eigenvalue weighted by atomic mass is 35.5. The number of aryl methyl sites for hydroxylation is 2. The number of nitroso groups, excluding NO2 is 1. The monoisotopic (exact) mass is 279 g/mol. The summed E-state index contributed by atoms with van der Waals surface area (Å²) in [5.41, 5.74) is 1.85. The van der Waals surface area contributed by atoms with Crippen molar-refractivity contribution in [2.45, 2.75) is 13.8 Å². The minimum atomic E-state index is -0.0246. The van der Waals surface area contributed by atoms with Gasteiger partial charge in [-0.25, -0.2) is 0 Å². The van der Waals surface area contributed by atoms with Gasteiger partial charge in [0, 0.05) is 4.73 Å². The van der Waals surface area contributed by atoms with E-state index in [-0.39, 0.29) is 16.6 Å². The topological polar surface area (TPSA) is 62.8 Å². The fourth-order valence-corrected chi connectivity index (χ4v) is 1.86. The average molecular weight is 280 g/mol. The Morgan fingerprint density at radius 3 is 2.53 bits per heavy atom. The molecule has 5 nitrogen and oxygen atoms in total. The zero-order valence-corrected chi connectivity index (χ0v) is 11.2. The second kappa shape index (κ2) is 5.24. The Kier molecular flexibility index (Phi) is 3.66. The summed E-state index contributed by atoms with van der Waals surface area (Å²) < 4.78 is 6.33. The molecule has 2 aromatic rings. The van der Waals surface area contributed by atoms with Crippen molar-refractivity contribution in [3.8, 4) is 11.5 Å².